The zero-order valence-corrected chi connectivity index (χ0v) is 22.7. The highest BCUT2D eigenvalue weighted by Crippen LogP contribution is 2.32. The fourth-order valence-corrected chi connectivity index (χ4v) is 5.34. The molecule has 2 heterocycles. The van der Waals surface area contributed by atoms with Crippen LogP contribution in [0.4, 0.5) is 15.8 Å². The van der Waals surface area contributed by atoms with Crippen LogP contribution in [0.25, 0.3) is 22.2 Å². The molecule has 0 bridgehead atoms. The van der Waals surface area contributed by atoms with Crippen molar-refractivity contribution in [2.75, 3.05) is 31.3 Å². The average molecular weight is 542 g/mol. The van der Waals surface area contributed by atoms with Crippen molar-refractivity contribution in [1.29, 1.82) is 0 Å². The molecular weight excluding hydrogens is 509 g/mol. The number of likely N-dealkylation sites (tertiary alicyclic amines) is 1. The lowest BCUT2D eigenvalue weighted by Gasteiger charge is -2.31. The Morgan fingerprint density at radius 2 is 1.68 bits per heavy atom. The van der Waals surface area contributed by atoms with Crippen molar-refractivity contribution in [2.45, 2.75) is 31.8 Å². The van der Waals surface area contributed by atoms with E-state index < -0.39 is 17.9 Å². The molecule has 5 rings (SSSR count). The van der Waals surface area contributed by atoms with Gasteiger partial charge in [0.15, 0.2) is 5.82 Å². The number of aromatic nitrogens is 1. The molecule has 2 atom stereocenters. The summed E-state index contributed by atoms with van der Waals surface area (Å²) in [6.07, 6.45) is 1.29. The minimum absolute atomic E-state index is 0.116. The number of H-pyrrole nitrogens is 1. The molecule has 0 radical (unpaired) electrons. The number of rotatable bonds is 7. The zero-order valence-electron chi connectivity index (χ0n) is 22.7. The number of nitrogens with one attached hydrogen (secondary N) is 3. The second kappa shape index (κ2) is 11.3. The van der Waals surface area contributed by atoms with E-state index in [-0.39, 0.29) is 17.7 Å². The van der Waals surface area contributed by atoms with Crippen LogP contribution in [-0.4, -0.2) is 59.2 Å². The number of halogens is 1. The van der Waals surface area contributed by atoms with Crippen molar-refractivity contribution in [2.24, 2.45) is 0 Å². The number of aromatic amines is 1. The van der Waals surface area contributed by atoms with E-state index in [1.165, 1.54) is 6.92 Å². The smallest absolute Gasteiger partial charge is 0.247 e. The number of hydrogen-bond acceptors (Lipinski definition) is 4. The Kier molecular flexibility index (Phi) is 7.66. The molecule has 1 unspecified atom stereocenters. The van der Waals surface area contributed by atoms with Crippen LogP contribution in [0.1, 0.15) is 31.4 Å². The molecule has 4 aromatic rings. The second-order valence-corrected chi connectivity index (χ2v) is 10.3. The number of benzene rings is 3. The van der Waals surface area contributed by atoms with Crippen molar-refractivity contribution in [1.82, 2.24) is 14.8 Å². The van der Waals surface area contributed by atoms with Crippen molar-refractivity contribution in [3.8, 4) is 11.3 Å². The van der Waals surface area contributed by atoms with Crippen LogP contribution in [0.3, 0.4) is 0 Å². The first-order chi connectivity index (χ1) is 19.2. The molecule has 8 nitrogen and oxygen atoms in total. The van der Waals surface area contributed by atoms with Gasteiger partial charge in [-0.05, 0) is 62.8 Å². The van der Waals surface area contributed by atoms with Crippen LogP contribution in [-0.2, 0) is 14.4 Å². The molecule has 0 aliphatic carbocycles. The molecule has 3 amide bonds. The summed E-state index contributed by atoms with van der Waals surface area (Å²) in [5.74, 6) is -1.03. The van der Waals surface area contributed by atoms with E-state index in [1.54, 1.807) is 47.4 Å². The topological polar surface area (TPSA) is 97.5 Å². The Balaban J connectivity index is 1.34. The first-order valence-electron chi connectivity index (χ1n) is 13.2. The van der Waals surface area contributed by atoms with E-state index in [2.05, 4.69) is 15.6 Å². The fraction of sp³-hybridized carbons (Fsp3) is 0.258. The van der Waals surface area contributed by atoms with Gasteiger partial charge in [-0.2, -0.15) is 0 Å². The highest BCUT2D eigenvalue weighted by molar-refractivity contribution is 6.00. The van der Waals surface area contributed by atoms with Crippen molar-refractivity contribution in [3.05, 3.63) is 84.2 Å². The van der Waals surface area contributed by atoms with Gasteiger partial charge in [-0.3, -0.25) is 19.3 Å². The van der Waals surface area contributed by atoms with Gasteiger partial charge >= 0.3 is 0 Å². The molecule has 3 aromatic carbocycles. The minimum Gasteiger partial charge on any atom is -0.352 e. The van der Waals surface area contributed by atoms with Gasteiger partial charge in [0.25, 0.3) is 0 Å². The predicted molar refractivity (Wildman–Crippen MR) is 154 cm³/mol. The van der Waals surface area contributed by atoms with E-state index in [0.717, 1.165) is 12.0 Å². The summed E-state index contributed by atoms with van der Waals surface area (Å²) in [6.45, 7) is 1.93. The molecule has 3 N–H and O–H groups in total. The number of hydrogen-bond donors (Lipinski definition) is 3. The quantitative estimate of drug-likeness (QED) is 0.301. The number of carbonyl (C=O) groups is 3. The van der Waals surface area contributed by atoms with Gasteiger partial charge in [0.05, 0.1) is 5.69 Å². The third-order valence-electron chi connectivity index (χ3n) is 7.20. The molecule has 206 valence electrons. The molecule has 0 saturated carbocycles. The van der Waals surface area contributed by atoms with Gasteiger partial charge < -0.3 is 20.5 Å². The van der Waals surface area contributed by atoms with Gasteiger partial charge in [0, 0.05) is 41.3 Å². The van der Waals surface area contributed by atoms with Crippen LogP contribution in [0.2, 0.25) is 0 Å². The maximum atomic E-state index is 15.5. The van der Waals surface area contributed by atoms with Gasteiger partial charge in [-0.15, -0.1) is 0 Å². The number of anilines is 2. The lowest BCUT2D eigenvalue weighted by atomic mass is 10.0. The van der Waals surface area contributed by atoms with Crippen molar-refractivity contribution in [3.63, 3.8) is 0 Å². The standard InChI is InChI=1S/C31H32FN5O3/c1-19(38)33-22-13-11-20(12-14-22)28-27(32)24-18-23(15-16-25(24)35-28)34-30(39)26-10-7-17-37(26)31(40)29(36(2)3)21-8-5-4-6-9-21/h4-6,8-9,11-16,18,26,29,35H,7,10,17H2,1-3H3,(H,33,38)(H,34,39)/t26?,29-/m1/s1. The Bertz CT molecular complexity index is 1550. The van der Waals surface area contributed by atoms with E-state index in [9.17, 15) is 14.4 Å². The second-order valence-electron chi connectivity index (χ2n) is 10.3. The molecule has 1 aliphatic rings. The summed E-state index contributed by atoms with van der Waals surface area (Å²) in [6, 6.07) is 20.3. The number of nitrogens with zero attached hydrogens (tertiary/aromatic N) is 2. The Morgan fingerprint density at radius 3 is 2.35 bits per heavy atom. The lowest BCUT2D eigenvalue weighted by Crippen LogP contribution is -2.47. The first-order valence-corrected chi connectivity index (χ1v) is 13.2. The molecule has 1 aliphatic heterocycles. The number of amides is 3. The summed E-state index contributed by atoms with van der Waals surface area (Å²) in [5, 5.41) is 5.94. The number of carbonyl (C=O) groups excluding carboxylic acids is 3. The predicted octanol–water partition coefficient (Wildman–Crippen LogP) is 5.16. The van der Waals surface area contributed by atoms with Gasteiger partial charge in [-0.1, -0.05) is 42.5 Å². The lowest BCUT2D eigenvalue weighted by molar-refractivity contribution is -0.140. The summed E-state index contributed by atoms with van der Waals surface area (Å²) >= 11 is 0. The monoisotopic (exact) mass is 541 g/mol. The summed E-state index contributed by atoms with van der Waals surface area (Å²) < 4.78 is 15.5. The van der Waals surface area contributed by atoms with Crippen LogP contribution in [0.15, 0.2) is 72.8 Å². The Morgan fingerprint density at radius 1 is 0.975 bits per heavy atom. The van der Waals surface area contributed by atoms with E-state index >= 15 is 4.39 Å². The fourth-order valence-electron chi connectivity index (χ4n) is 5.34. The summed E-state index contributed by atoms with van der Waals surface area (Å²) in [7, 11) is 3.71. The normalized spacial score (nSPS) is 15.8. The van der Waals surface area contributed by atoms with Crippen LogP contribution in [0, 0.1) is 5.82 Å². The number of likely N-dealkylation sites (N-methyl/N-ethyl adjacent to an activating group) is 1. The molecule has 1 aromatic heterocycles. The number of fused-ring (bicyclic) bond motifs is 1. The highest BCUT2D eigenvalue weighted by Gasteiger charge is 2.38. The van der Waals surface area contributed by atoms with Gasteiger partial charge in [0.1, 0.15) is 12.1 Å². The van der Waals surface area contributed by atoms with E-state index in [4.69, 9.17) is 0 Å². The summed E-state index contributed by atoms with van der Waals surface area (Å²) in [5.41, 5.74) is 3.48. The SMILES string of the molecule is CC(=O)Nc1ccc(-c2[nH]c3ccc(NC(=O)C4CCCN4C(=O)[C@@H](c4ccccc4)N(C)C)cc3c2F)cc1. The Hall–Kier alpha value is -4.50. The van der Waals surface area contributed by atoms with Crippen molar-refractivity contribution >= 4 is 40.0 Å². The van der Waals surface area contributed by atoms with E-state index in [0.29, 0.717) is 46.5 Å². The first kappa shape index (κ1) is 27.1. The van der Waals surface area contributed by atoms with Crippen LogP contribution >= 0.6 is 0 Å². The maximum Gasteiger partial charge on any atom is 0.247 e. The largest absolute Gasteiger partial charge is 0.352 e. The molecule has 9 heteroatoms. The molecule has 0 spiro atoms. The van der Waals surface area contributed by atoms with Gasteiger partial charge in [0.2, 0.25) is 17.7 Å². The Labute approximate surface area is 232 Å². The highest BCUT2D eigenvalue weighted by atomic mass is 19.1. The van der Waals surface area contributed by atoms with Crippen LogP contribution < -0.4 is 10.6 Å². The molecule has 1 saturated heterocycles. The average Bonchev–Trinajstić information content (AvgIpc) is 3.55. The molecule has 1 fully saturated rings. The summed E-state index contributed by atoms with van der Waals surface area (Å²) in [4.78, 5) is 44.9. The van der Waals surface area contributed by atoms with E-state index in [1.807, 2.05) is 49.3 Å². The molecular formula is C31H32FN5O3. The third kappa shape index (κ3) is 5.46. The zero-order chi connectivity index (χ0) is 28.4. The molecule has 40 heavy (non-hydrogen) atoms. The van der Waals surface area contributed by atoms with Crippen LogP contribution in [0.5, 0.6) is 0 Å². The van der Waals surface area contributed by atoms with Crippen molar-refractivity contribution < 1.29 is 18.8 Å². The third-order valence-corrected chi connectivity index (χ3v) is 7.20. The van der Waals surface area contributed by atoms with Gasteiger partial charge in [-0.25, -0.2) is 4.39 Å². The maximum absolute atomic E-state index is 15.5. The minimum atomic E-state index is -0.608.